The zero-order valence-corrected chi connectivity index (χ0v) is 18.2. The van der Waals surface area contributed by atoms with Gasteiger partial charge in [-0.1, -0.05) is 38.5 Å². The van der Waals surface area contributed by atoms with E-state index in [0.717, 1.165) is 5.56 Å². The summed E-state index contributed by atoms with van der Waals surface area (Å²) >= 11 is 0. The lowest BCUT2D eigenvalue weighted by Crippen LogP contribution is -2.51. The van der Waals surface area contributed by atoms with Gasteiger partial charge in [0.1, 0.15) is 23.2 Å². The van der Waals surface area contributed by atoms with Crippen LogP contribution >= 0.6 is 0 Å². The first kappa shape index (κ1) is 22.0. The lowest BCUT2D eigenvalue weighted by atomic mass is 9.91. The summed E-state index contributed by atoms with van der Waals surface area (Å²) in [7, 11) is 1.46. The smallest absolute Gasteiger partial charge is 0.253 e. The number of rotatable bonds is 7. The van der Waals surface area contributed by atoms with Crippen molar-refractivity contribution in [2.45, 2.75) is 33.9 Å². The second kappa shape index (κ2) is 8.59. The molecule has 1 heterocycles. The quantitative estimate of drug-likeness (QED) is 0.397. The molecular weight excluding hydrogens is 396 g/mol. The highest BCUT2D eigenvalue weighted by molar-refractivity contribution is 5.95. The fourth-order valence-corrected chi connectivity index (χ4v) is 3.05. The van der Waals surface area contributed by atoms with Gasteiger partial charge in [-0.15, -0.1) is 0 Å². The summed E-state index contributed by atoms with van der Waals surface area (Å²) in [5.74, 6) is 0.0138. The van der Waals surface area contributed by atoms with Crippen molar-refractivity contribution in [3.63, 3.8) is 0 Å². The number of amides is 1. The molecule has 0 aliphatic carbocycles. The molecular formula is C23H26N4O4. The number of carbonyl (C=O) groups excluding carboxylic acids is 1. The van der Waals surface area contributed by atoms with Crippen molar-refractivity contribution >= 4 is 23.0 Å². The van der Waals surface area contributed by atoms with Gasteiger partial charge in [0.2, 0.25) is 5.88 Å². The third-order valence-electron chi connectivity index (χ3n) is 4.84. The van der Waals surface area contributed by atoms with Crippen molar-refractivity contribution in [3.8, 4) is 5.88 Å². The molecule has 0 fully saturated rings. The third kappa shape index (κ3) is 4.74. The van der Waals surface area contributed by atoms with Gasteiger partial charge in [-0.3, -0.25) is 14.4 Å². The van der Waals surface area contributed by atoms with Crippen LogP contribution in [0.3, 0.4) is 0 Å². The molecule has 3 aromatic rings. The molecule has 1 unspecified atom stereocenters. The molecule has 3 rings (SSSR count). The number of hydrogen-bond acceptors (Lipinski definition) is 7. The van der Waals surface area contributed by atoms with Crippen LogP contribution < -0.4 is 31.5 Å². The van der Waals surface area contributed by atoms with Crippen LogP contribution in [0.1, 0.15) is 36.7 Å². The summed E-state index contributed by atoms with van der Waals surface area (Å²) < 4.78 is 5.19. The molecule has 0 aliphatic rings. The Balaban J connectivity index is 1.86. The number of aryl methyl sites for hydroxylation is 1. The highest BCUT2D eigenvalue weighted by atomic mass is 16.5. The monoisotopic (exact) mass is 422 g/mol. The van der Waals surface area contributed by atoms with Crippen LogP contribution in [0.4, 0.5) is 17.1 Å². The van der Waals surface area contributed by atoms with Crippen LogP contribution in [0.25, 0.3) is 0 Å². The zero-order valence-electron chi connectivity index (χ0n) is 18.2. The lowest BCUT2D eigenvalue weighted by Gasteiger charge is -2.33. The van der Waals surface area contributed by atoms with Crippen molar-refractivity contribution in [2.75, 3.05) is 17.7 Å². The van der Waals surface area contributed by atoms with Gasteiger partial charge in [0.25, 0.3) is 16.8 Å². The topological polar surface area (TPSA) is 109 Å². The fraction of sp³-hybridized carbons (Fsp3) is 0.304. The van der Waals surface area contributed by atoms with Crippen molar-refractivity contribution in [3.05, 3.63) is 74.2 Å². The Morgan fingerprint density at radius 2 is 1.77 bits per heavy atom. The Kier molecular flexibility index (Phi) is 6.10. The molecule has 1 amide bonds. The summed E-state index contributed by atoms with van der Waals surface area (Å²) in [5, 5.41) is 8.90. The van der Waals surface area contributed by atoms with Crippen LogP contribution in [0.2, 0.25) is 0 Å². The maximum absolute atomic E-state index is 12.8. The Labute approximate surface area is 180 Å². The average Bonchev–Trinajstić information content (AvgIpc) is 2.74. The summed E-state index contributed by atoms with van der Waals surface area (Å²) in [6.07, 6.45) is 0.946. The molecule has 0 saturated heterocycles. The number of nitrogens with one attached hydrogen (secondary N) is 3. The summed E-state index contributed by atoms with van der Waals surface area (Å²) in [6, 6.07) is 10.6. The van der Waals surface area contributed by atoms with Crippen LogP contribution in [-0.2, 0) is 0 Å². The van der Waals surface area contributed by atoms with Crippen molar-refractivity contribution in [1.29, 1.82) is 0 Å². The number of nitrogens with zero attached hydrogens (tertiary/aromatic N) is 1. The first-order chi connectivity index (χ1) is 14.6. The zero-order chi connectivity index (χ0) is 22.8. The molecule has 1 aromatic heterocycles. The van der Waals surface area contributed by atoms with Gasteiger partial charge in [-0.05, 0) is 31.2 Å². The second-order valence-corrected chi connectivity index (χ2v) is 8.38. The number of methoxy groups -OCH3 is 1. The Morgan fingerprint density at radius 3 is 2.42 bits per heavy atom. The minimum absolute atomic E-state index is 0.107. The van der Waals surface area contributed by atoms with Crippen LogP contribution in [-0.4, -0.2) is 24.2 Å². The van der Waals surface area contributed by atoms with E-state index in [1.807, 2.05) is 39.8 Å². The van der Waals surface area contributed by atoms with Crippen molar-refractivity contribution < 1.29 is 9.53 Å². The van der Waals surface area contributed by atoms with Gasteiger partial charge in [0.05, 0.1) is 7.11 Å². The first-order valence-electron chi connectivity index (χ1n) is 9.85. The lowest BCUT2D eigenvalue weighted by molar-refractivity contribution is 0.0913. The van der Waals surface area contributed by atoms with Crippen LogP contribution in [0, 0.1) is 12.3 Å². The molecule has 1 atom stereocenters. The maximum Gasteiger partial charge on any atom is 0.253 e. The number of ether oxygens (including phenoxy) is 1. The molecule has 0 radical (unpaired) electrons. The van der Waals surface area contributed by atoms with Crippen molar-refractivity contribution in [1.82, 2.24) is 10.3 Å². The van der Waals surface area contributed by atoms with E-state index in [1.54, 1.807) is 30.5 Å². The number of benzene rings is 1. The summed E-state index contributed by atoms with van der Waals surface area (Å²) in [4.78, 5) is 41.4. The van der Waals surface area contributed by atoms with Gasteiger partial charge in [-0.2, -0.15) is 0 Å². The summed E-state index contributed by atoms with van der Waals surface area (Å²) in [6.45, 7) is 7.67. The fourth-order valence-electron chi connectivity index (χ4n) is 3.05. The van der Waals surface area contributed by atoms with Crippen molar-refractivity contribution in [2.24, 2.45) is 5.41 Å². The Bertz CT molecular complexity index is 1170. The highest BCUT2D eigenvalue weighted by Crippen LogP contribution is 2.29. The highest BCUT2D eigenvalue weighted by Gasteiger charge is 2.31. The molecule has 2 aromatic carbocycles. The number of carbonyl (C=O) groups is 1. The van der Waals surface area contributed by atoms with E-state index < -0.39 is 22.4 Å². The molecule has 0 saturated carbocycles. The molecule has 8 nitrogen and oxygen atoms in total. The molecule has 0 spiro atoms. The number of aromatic nitrogens is 1. The number of pyridine rings is 1. The normalized spacial score (nSPS) is 12.3. The molecule has 8 heteroatoms. The summed E-state index contributed by atoms with van der Waals surface area (Å²) in [5.41, 5.74) is 0.400. The molecule has 3 N–H and O–H groups in total. The minimum atomic E-state index is -0.649. The van der Waals surface area contributed by atoms with E-state index in [4.69, 9.17) is 4.74 Å². The van der Waals surface area contributed by atoms with E-state index in [1.165, 1.54) is 7.11 Å². The second-order valence-electron chi connectivity index (χ2n) is 8.38. The molecule has 162 valence electrons. The van der Waals surface area contributed by atoms with E-state index in [0.29, 0.717) is 17.1 Å². The molecule has 31 heavy (non-hydrogen) atoms. The van der Waals surface area contributed by atoms with Gasteiger partial charge in [0, 0.05) is 17.2 Å². The van der Waals surface area contributed by atoms with E-state index in [9.17, 15) is 14.4 Å². The van der Waals surface area contributed by atoms with Crippen LogP contribution in [0.5, 0.6) is 5.88 Å². The Morgan fingerprint density at radius 1 is 1.06 bits per heavy atom. The van der Waals surface area contributed by atoms with Gasteiger partial charge in [0.15, 0.2) is 0 Å². The molecule has 0 bridgehead atoms. The van der Waals surface area contributed by atoms with E-state index in [-0.39, 0.29) is 17.3 Å². The predicted molar refractivity (Wildman–Crippen MR) is 121 cm³/mol. The largest absolute Gasteiger partial charge is 0.480 e. The van der Waals surface area contributed by atoms with Gasteiger partial charge < -0.3 is 20.7 Å². The third-order valence-corrected chi connectivity index (χ3v) is 4.84. The Hall–Kier alpha value is -3.68. The standard InChI is InChI=1S/C23H26N4O4/c1-13-8-6-9-14(12-13)20(30)27-22(23(2,3)4)26-17-16(18(28)19(17)29)25-15-10-7-11-24-21(15)31-5/h6-12,22,25-26H,1-5H3,(H,27,30). The van der Waals surface area contributed by atoms with Gasteiger partial charge >= 0.3 is 0 Å². The van der Waals surface area contributed by atoms with E-state index in [2.05, 4.69) is 20.9 Å². The maximum atomic E-state index is 12.8. The number of hydrogen-bond donors (Lipinski definition) is 3. The van der Waals surface area contributed by atoms with Crippen LogP contribution in [0.15, 0.2) is 52.2 Å². The number of anilines is 3. The van der Waals surface area contributed by atoms with E-state index >= 15 is 0 Å². The average molecular weight is 422 g/mol. The predicted octanol–water partition coefficient (Wildman–Crippen LogP) is 2.95. The first-order valence-corrected chi connectivity index (χ1v) is 9.85. The SMILES string of the molecule is COc1ncccc1Nc1c(NC(NC(=O)c2cccc(C)c2)C(C)(C)C)c(=O)c1=O. The minimum Gasteiger partial charge on any atom is -0.480 e. The van der Waals surface area contributed by atoms with Gasteiger partial charge in [-0.25, -0.2) is 4.98 Å². The molecule has 0 aliphatic heterocycles.